The summed E-state index contributed by atoms with van der Waals surface area (Å²) in [5, 5.41) is 3.28. The van der Waals surface area contributed by atoms with E-state index in [1.165, 1.54) is 12.8 Å². The molecule has 2 N–H and O–H groups in total. The summed E-state index contributed by atoms with van der Waals surface area (Å²) >= 11 is 0. The van der Waals surface area contributed by atoms with Crippen molar-refractivity contribution in [1.29, 1.82) is 0 Å². The van der Waals surface area contributed by atoms with Crippen molar-refractivity contribution in [3.8, 4) is 0 Å². The van der Waals surface area contributed by atoms with Gasteiger partial charge in [0.15, 0.2) is 0 Å². The highest BCUT2D eigenvalue weighted by atomic mass is 32.2. The third-order valence-electron chi connectivity index (χ3n) is 3.39. The lowest BCUT2D eigenvalue weighted by molar-refractivity contribution is 0.344. The number of sulfonamides is 1. The number of unbranched alkanes of at least 4 members (excludes halogenated alkanes) is 1. The van der Waals surface area contributed by atoms with Crippen LogP contribution in [0.2, 0.25) is 0 Å². The zero-order chi connectivity index (χ0) is 14.0. The molecule has 5 nitrogen and oxygen atoms in total. The molecule has 1 fully saturated rings. The Morgan fingerprint density at radius 2 is 1.79 bits per heavy atom. The molecule has 0 aromatic rings. The molecule has 114 valence electrons. The van der Waals surface area contributed by atoms with Crippen LogP contribution >= 0.6 is 0 Å². The van der Waals surface area contributed by atoms with Crippen LogP contribution in [0.25, 0.3) is 0 Å². The lowest BCUT2D eigenvalue weighted by atomic mass is 10.3. The van der Waals surface area contributed by atoms with Gasteiger partial charge in [-0.25, -0.2) is 13.1 Å². The van der Waals surface area contributed by atoms with Gasteiger partial charge in [-0.15, -0.1) is 0 Å². The quantitative estimate of drug-likeness (QED) is 0.552. The van der Waals surface area contributed by atoms with Gasteiger partial charge in [-0.2, -0.15) is 0 Å². The first-order valence-corrected chi connectivity index (χ1v) is 9.19. The summed E-state index contributed by atoms with van der Waals surface area (Å²) in [6.45, 7) is 7.68. The summed E-state index contributed by atoms with van der Waals surface area (Å²) in [5.74, 6) is 0.251. The minimum absolute atomic E-state index is 0.251. The van der Waals surface area contributed by atoms with Crippen LogP contribution in [0.1, 0.15) is 39.0 Å². The molecule has 0 atom stereocenters. The van der Waals surface area contributed by atoms with Crippen LogP contribution < -0.4 is 10.0 Å². The standard InChI is InChI=1S/C13H29N3O2S/c1-2-7-14-8-3-6-13-19(17,18)15-9-12-16-10-4-5-11-16/h14-15H,2-13H2,1H3. The number of likely N-dealkylation sites (tertiary alicyclic amines) is 1. The molecule has 1 rings (SSSR count). The Bertz CT molecular complexity index is 314. The SMILES string of the molecule is CCCNCCCCS(=O)(=O)NCCN1CCCC1. The third-order valence-corrected chi connectivity index (χ3v) is 4.86. The highest BCUT2D eigenvalue weighted by Gasteiger charge is 2.13. The summed E-state index contributed by atoms with van der Waals surface area (Å²) in [7, 11) is -3.07. The molecule has 0 spiro atoms. The first-order chi connectivity index (χ1) is 9.14. The van der Waals surface area contributed by atoms with Crippen molar-refractivity contribution in [2.75, 3.05) is 45.0 Å². The third kappa shape index (κ3) is 8.57. The van der Waals surface area contributed by atoms with E-state index in [0.29, 0.717) is 6.54 Å². The molecular weight excluding hydrogens is 262 g/mol. The largest absolute Gasteiger partial charge is 0.317 e. The number of hydrogen-bond acceptors (Lipinski definition) is 4. The Morgan fingerprint density at radius 3 is 2.47 bits per heavy atom. The van der Waals surface area contributed by atoms with Crippen LogP contribution in [0.3, 0.4) is 0 Å². The number of nitrogens with one attached hydrogen (secondary N) is 2. The molecule has 1 heterocycles. The van der Waals surface area contributed by atoms with Gasteiger partial charge in [-0.05, 0) is 58.3 Å². The summed E-state index contributed by atoms with van der Waals surface area (Å²) in [6.07, 6.45) is 5.27. The highest BCUT2D eigenvalue weighted by Crippen LogP contribution is 2.05. The lowest BCUT2D eigenvalue weighted by Crippen LogP contribution is -2.34. The van der Waals surface area contributed by atoms with Gasteiger partial charge in [-0.3, -0.25) is 0 Å². The van der Waals surface area contributed by atoms with E-state index in [0.717, 1.165) is 52.0 Å². The van der Waals surface area contributed by atoms with E-state index in [9.17, 15) is 8.42 Å². The second kappa shape index (κ2) is 9.69. The lowest BCUT2D eigenvalue weighted by Gasteiger charge is -2.14. The van der Waals surface area contributed by atoms with Gasteiger partial charge in [0.2, 0.25) is 10.0 Å². The summed E-state index contributed by atoms with van der Waals surface area (Å²) in [6, 6.07) is 0. The molecule has 0 saturated carbocycles. The number of hydrogen-bond donors (Lipinski definition) is 2. The van der Waals surface area contributed by atoms with Gasteiger partial charge in [-0.1, -0.05) is 6.92 Å². The van der Waals surface area contributed by atoms with Gasteiger partial charge < -0.3 is 10.2 Å². The number of rotatable bonds is 11. The minimum Gasteiger partial charge on any atom is -0.317 e. The van der Waals surface area contributed by atoms with Crippen molar-refractivity contribution >= 4 is 10.0 Å². The second-order valence-corrected chi connectivity index (χ2v) is 7.15. The highest BCUT2D eigenvalue weighted by molar-refractivity contribution is 7.89. The Balaban J connectivity index is 2.00. The molecule has 1 aliphatic heterocycles. The fraction of sp³-hybridized carbons (Fsp3) is 1.00. The molecule has 0 aromatic heterocycles. The molecule has 19 heavy (non-hydrogen) atoms. The van der Waals surface area contributed by atoms with Gasteiger partial charge in [0.25, 0.3) is 0 Å². The van der Waals surface area contributed by atoms with Gasteiger partial charge in [0.05, 0.1) is 5.75 Å². The fourth-order valence-electron chi connectivity index (χ4n) is 2.28. The van der Waals surface area contributed by atoms with Crippen molar-refractivity contribution in [3.05, 3.63) is 0 Å². The monoisotopic (exact) mass is 291 g/mol. The Morgan fingerprint density at radius 1 is 1.05 bits per heavy atom. The maximum atomic E-state index is 11.7. The van der Waals surface area contributed by atoms with Crippen LogP contribution in [0.15, 0.2) is 0 Å². The zero-order valence-corrected chi connectivity index (χ0v) is 13.0. The van der Waals surface area contributed by atoms with E-state index in [1.807, 2.05) is 0 Å². The number of nitrogens with zero attached hydrogens (tertiary/aromatic N) is 1. The van der Waals surface area contributed by atoms with E-state index in [-0.39, 0.29) is 5.75 Å². The van der Waals surface area contributed by atoms with E-state index >= 15 is 0 Å². The summed E-state index contributed by atoms with van der Waals surface area (Å²) in [4.78, 5) is 2.32. The summed E-state index contributed by atoms with van der Waals surface area (Å²) < 4.78 is 26.2. The van der Waals surface area contributed by atoms with Crippen molar-refractivity contribution in [3.63, 3.8) is 0 Å². The average Bonchev–Trinajstić information content (AvgIpc) is 2.86. The molecule has 6 heteroatoms. The molecule has 1 aliphatic rings. The van der Waals surface area contributed by atoms with E-state index in [4.69, 9.17) is 0 Å². The Labute approximate surface area is 118 Å². The zero-order valence-electron chi connectivity index (χ0n) is 12.2. The van der Waals surface area contributed by atoms with Crippen LogP contribution in [0.4, 0.5) is 0 Å². The van der Waals surface area contributed by atoms with Crippen LogP contribution in [-0.4, -0.2) is 58.3 Å². The smallest absolute Gasteiger partial charge is 0.211 e. The maximum Gasteiger partial charge on any atom is 0.211 e. The normalized spacial score (nSPS) is 17.1. The van der Waals surface area contributed by atoms with Crippen LogP contribution in [-0.2, 0) is 10.0 Å². The molecule has 0 bridgehead atoms. The second-order valence-electron chi connectivity index (χ2n) is 5.22. The van der Waals surface area contributed by atoms with Crippen molar-refractivity contribution in [1.82, 2.24) is 14.9 Å². The molecular formula is C13H29N3O2S. The van der Waals surface area contributed by atoms with Gasteiger partial charge in [0.1, 0.15) is 0 Å². The first-order valence-electron chi connectivity index (χ1n) is 7.54. The van der Waals surface area contributed by atoms with E-state index in [2.05, 4.69) is 21.9 Å². The van der Waals surface area contributed by atoms with Gasteiger partial charge in [0, 0.05) is 13.1 Å². The maximum absolute atomic E-state index is 11.7. The van der Waals surface area contributed by atoms with Gasteiger partial charge >= 0.3 is 0 Å². The molecule has 1 saturated heterocycles. The topological polar surface area (TPSA) is 61.4 Å². The molecule has 0 aliphatic carbocycles. The predicted molar refractivity (Wildman–Crippen MR) is 79.9 cm³/mol. The fourth-order valence-corrected chi connectivity index (χ4v) is 3.41. The van der Waals surface area contributed by atoms with Crippen molar-refractivity contribution in [2.24, 2.45) is 0 Å². The molecule has 0 amide bonds. The molecule has 0 aromatic carbocycles. The van der Waals surface area contributed by atoms with Crippen molar-refractivity contribution < 1.29 is 8.42 Å². The summed E-state index contributed by atoms with van der Waals surface area (Å²) in [5.41, 5.74) is 0. The Hall–Kier alpha value is -0.170. The minimum atomic E-state index is -3.07. The first kappa shape index (κ1) is 16.9. The van der Waals surface area contributed by atoms with E-state index < -0.39 is 10.0 Å². The average molecular weight is 291 g/mol. The van der Waals surface area contributed by atoms with E-state index in [1.54, 1.807) is 0 Å². The van der Waals surface area contributed by atoms with Crippen LogP contribution in [0.5, 0.6) is 0 Å². The molecule has 0 unspecified atom stereocenters. The van der Waals surface area contributed by atoms with Crippen LogP contribution in [0, 0.1) is 0 Å². The van der Waals surface area contributed by atoms with Crippen molar-refractivity contribution in [2.45, 2.75) is 39.0 Å². The predicted octanol–water partition coefficient (Wildman–Crippen LogP) is 0.781. The molecule has 0 radical (unpaired) electrons. The Kier molecular flexibility index (Phi) is 8.61.